The molecule has 0 saturated carbocycles. The van der Waals surface area contributed by atoms with E-state index in [0.717, 1.165) is 5.75 Å². The third kappa shape index (κ3) is 4.46. The molecule has 0 N–H and O–H groups in total. The molecule has 0 amide bonds. The lowest BCUT2D eigenvalue weighted by atomic mass is 9.80. The Morgan fingerprint density at radius 2 is 1.75 bits per heavy atom. The van der Waals surface area contributed by atoms with Gasteiger partial charge in [-0.3, -0.25) is 0 Å². The molecule has 0 heterocycles. The van der Waals surface area contributed by atoms with Gasteiger partial charge in [-0.15, -0.1) is 0 Å². The zero-order chi connectivity index (χ0) is 15.4. The highest BCUT2D eigenvalue weighted by Gasteiger charge is 2.22. The molecule has 0 atom stereocenters. The van der Waals surface area contributed by atoms with E-state index in [-0.39, 0.29) is 10.8 Å². The van der Waals surface area contributed by atoms with Gasteiger partial charge in [-0.05, 0) is 33.6 Å². The first-order chi connectivity index (χ1) is 9.16. The Hall–Kier alpha value is -1.67. The van der Waals surface area contributed by atoms with E-state index in [1.807, 2.05) is 6.07 Å². The third-order valence-electron chi connectivity index (χ3n) is 3.17. The highest BCUT2D eigenvalue weighted by molar-refractivity contribution is 5.43. The summed E-state index contributed by atoms with van der Waals surface area (Å²) in [7, 11) is 0. The van der Waals surface area contributed by atoms with Crippen LogP contribution in [0, 0.1) is 0 Å². The smallest absolute Gasteiger partial charge is 0.123 e. The van der Waals surface area contributed by atoms with E-state index in [2.05, 4.69) is 63.7 Å². The van der Waals surface area contributed by atoms with Crippen LogP contribution in [-0.4, -0.2) is 13.2 Å². The number of nitrogens with zero attached hydrogens (tertiary/aromatic N) is 3. The molecule has 4 heteroatoms. The molecular weight excluding hydrogens is 250 g/mol. The Morgan fingerprint density at radius 1 is 1.10 bits per heavy atom. The molecule has 0 unspecified atom stereocenters. The van der Waals surface area contributed by atoms with Gasteiger partial charge in [-0.25, -0.2) is 0 Å². The fourth-order valence-corrected chi connectivity index (χ4v) is 1.95. The van der Waals surface area contributed by atoms with Gasteiger partial charge < -0.3 is 4.74 Å². The molecule has 4 nitrogen and oxygen atoms in total. The van der Waals surface area contributed by atoms with Crippen molar-refractivity contribution in [3.8, 4) is 5.75 Å². The lowest BCUT2D eigenvalue weighted by molar-refractivity contribution is 0.318. The van der Waals surface area contributed by atoms with Gasteiger partial charge in [-0.2, -0.15) is 0 Å². The predicted octanol–water partition coefficient (Wildman–Crippen LogP) is 4.97. The second-order valence-electron chi connectivity index (χ2n) is 7.01. The molecule has 0 bridgehead atoms. The van der Waals surface area contributed by atoms with Gasteiger partial charge in [0, 0.05) is 4.91 Å². The van der Waals surface area contributed by atoms with E-state index in [0.29, 0.717) is 13.2 Å². The zero-order valence-electron chi connectivity index (χ0n) is 13.4. The maximum atomic E-state index is 8.28. The summed E-state index contributed by atoms with van der Waals surface area (Å²) in [5.74, 6) is 0.874. The second kappa shape index (κ2) is 6.19. The quantitative estimate of drug-likeness (QED) is 0.331. The Morgan fingerprint density at radius 3 is 2.25 bits per heavy atom. The largest absolute Gasteiger partial charge is 0.493 e. The number of hydrogen-bond donors (Lipinski definition) is 0. The lowest BCUT2D eigenvalue weighted by Crippen LogP contribution is -2.18. The SMILES string of the molecule is CC(C)(C)c1ccc(OCCN=[N+]=[N-])c(C(C)(C)C)c1. The van der Waals surface area contributed by atoms with E-state index >= 15 is 0 Å². The van der Waals surface area contributed by atoms with Crippen LogP contribution in [0.15, 0.2) is 23.3 Å². The summed E-state index contributed by atoms with van der Waals surface area (Å²) in [6.45, 7) is 13.9. The van der Waals surface area contributed by atoms with Crippen LogP contribution in [0.3, 0.4) is 0 Å². The number of hydrogen-bond acceptors (Lipinski definition) is 2. The highest BCUT2D eigenvalue weighted by atomic mass is 16.5. The zero-order valence-corrected chi connectivity index (χ0v) is 13.4. The minimum atomic E-state index is 0.00902. The molecule has 0 fully saturated rings. The summed E-state index contributed by atoms with van der Waals surface area (Å²) in [5.41, 5.74) is 10.9. The first kappa shape index (κ1) is 16.4. The van der Waals surface area contributed by atoms with Gasteiger partial charge in [0.15, 0.2) is 0 Å². The van der Waals surface area contributed by atoms with Crippen molar-refractivity contribution in [3.63, 3.8) is 0 Å². The van der Waals surface area contributed by atoms with Crippen LogP contribution in [0.25, 0.3) is 10.4 Å². The molecular formula is C16H25N3O. The van der Waals surface area contributed by atoms with Gasteiger partial charge in [0.25, 0.3) is 0 Å². The fourth-order valence-electron chi connectivity index (χ4n) is 1.95. The van der Waals surface area contributed by atoms with Gasteiger partial charge in [0.2, 0.25) is 0 Å². The summed E-state index contributed by atoms with van der Waals surface area (Å²) in [4.78, 5) is 2.73. The predicted molar refractivity (Wildman–Crippen MR) is 83.4 cm³/mol. The van der Waals surface area contributed by atoms with Crippen LogP contribution in [-0.2, 0) is 10.8 Å². The first-order valence-electron chi connectivity index (χ1n) is 6.95. The van der Waals surface area contributed by atoms with Crippen LogP contribution >= 0.6 is 0 Å². The summed E-state index contributed by atoms with van der Waals surface area (Å²) < 4.78 is 5.77. The van der Waals surface area contributed by atoms with Crippen molar-refractivity contribution in [3.05, 3.63) is 39.8 Å². The highest BCUT2D eigenvalue weighted by Crippen LogP contribution is 2.35. The summed E-state index contributed by atoms with van der Waals surface area (Å²) in [6.07, 6.45) is 0. The van der Waals surface area contributed by atoms with Gasteiger partial charge in [0.1, 0.15) is 5.75 Å². The lowest BCUT2D eigenvalue weighted by Gasteiger charge is -2.27. The van der Waals surface area contributed by atoms with Crippen molar-refractivity contribution in [2.45, 2.75) is 52.4 Å². The minimum absolute atomic E-state index is 0.00902. The molecule has 0 aromatic heterocycles. The van der Waals surface area contributed by atoms with Crippen molar-refractivity contribution in [2.75, 3.05) is 13.2 Å². The van der Waals surface area contributed by atoms with Gasteiger partial charge in [-0.1, -0.05) is 58.8 Å². The number of azide groups is 1. The second-order valence-corrected chi connectivity index (χ2v) is 7.01. The van der Waals surface area contributed by atoms with E-state index in [1.165, 1.54) is 11.1 Å². The molecule has 1 aromatic carbocycles. The Balaban J connectivity index is 3.08. The molecule has 0 aliphatic heterocycles. The summed E-state index contributed by atoms with van der Waals surface area (Å²) in [5, 5.41) is 3.49. The topological polar surface area (TPSA) is 58.0 Å². The average Bonchev–Trinajstić information content (AvgIpc) is 2.32. The van der Waals surface area contributed by atoms with E-state index in [4.69, 9.17) is 10.3 Å². The number of rotatable bonds is 4. The van der Waals surface area contributed by atoms with Gasteiger partial charge in [0.05, 0.1) is 13.2 Å². The van der Waals surface area contributed by atoms with Crippen LogP contribution in [0.5, 0.6) is 5.75 Å². The molecule has 0 aliphatic rings. The number of ether oxygens (including phenoxy) is 1. The molecule has 20 heavy (non-hydrogen) atoms. The van der Waals surface area contributed by atoms with Crippen molar-refractivity contribution in [1.82, 2.24) is 0 Å². The van der Waals surface area contributed by atoms with E-state index in [1.54, 1.807) is 0 Å². The van der Waals surface area contributed by atoms with Crippen LogP contribution in [0.4, 0.5) is 0 Å². The van der Waals surface area contributed by atoms with Crippen LogP contribution in [0.2, 0.25) is 0 Å². The molecule has 0 radical (unpaired) electrons. The van der Waals surface area contributed by atoms with Gasteiger partial charge >= 0.3 is 0 Å². The molecule has 0 aliphatic carbocycles. The standard InChI is InChI=1S/C16H25N3O/c1-15(2,3)12-7-8-14(20-10-9-18-19-17)13(11-12)16(4,5)6/h7-8,11H,9-10H2,1-6H3. The van der Waals surface area contributed by atoms with Crippen molar-refractivity contribution >= 4 is 0 Å². The van der Waals surface area contributed by atoms with Crippen LogP contribution in [0.1, 0.15) is 52.7 Å². The fraction of sp³-hybridized carbons (Fsp3) is 0.625. The Kier molecular flexibility index (Phi) is 5.07. The van der Waals surface area contributed by atoms with Crippen molar-refractivity contribution in [1.29, 1.82) is 0 Å². The maximum absolute atomic E-state index is 8.28. The Bertz CT molecular complexity index is 503. The van der Waals surface area contributed by atoms with Crippen molar-refractivity contribution < 1.29 is 4.74 Å². The molecule has 1 rings (SSSR count). The van der Waals surface area contributed by atoms with E-state index in [9.17, 15) is 0 Å². The average molecular weight is 275 g/mol. The van der Waals surface area contributed by atoms with E-state index < -0.39 is 0 Å². The molecule has 110 valence electrons. The molecule has 0 spiro atoms. The minimum Gasteiger partial charge on any atom is -0.493 e. The summed E-state index contributed by atoms with van der Waals surface area (Å²) in [6, 6.07) is 6.36. The monoisotopic (exact) mass is 275 g/mol. The third-order valence-corrected chi connectivity index (χ3v) is 3.17. The Labute approximate surface area is 121 Å². The number of benzene rings is 1. The molecule has 1 aromatic rings. The van der Waals surface area contributed by atoms with Crippen molar-refractivity contribution in [2.24, 2.45) is 5.11 Å². The maximum Gasteiger partial charge on any atom is 0.123 e. The van der Waals surface area contributed by atoms with Crippen LogP contribution < -0.4 is 4.74 Å². The normalized spacial score (nSPS) is 11.9. The first-order valence-corrected chi connectivity index (χ1v) is 6.95. The summed E-state index contributed by atoms with van der Waals surface area (Å²) >= 11 is 0. The molecule has 0 saturated heterocycles.